The quantitative estimate of drug-likeness (QED) is 0.620. The van der Waals surface area contributed by atoms with E-state index in [-0.39, 0.29) is 12.0 Å². The molecule has 0 aliphatic heterocycles. The van der Waals surface area contributed by atoms with Crippen LogP contribution in [0.25, 0.3) is 11.0 Å². The Balaban J connectivity index is 1.83. The largest absolute Gasteiger partial charge is 0.469 e. The minimum absolute atomic E-state index is 0.00983. The van der Waals surface area contributed by atoms with E-state index in [1.807, 2.05) is 54.1 Å². The number of rotatable bonds is 7. The number of esters is 1. The van der Waals surface area contributed by atoms with E-state index < -0.39 is 0 Å². The summed E-state index contributed by atoms with van der Waals surface area (Å²) in [5.41, 5.74) is 3.03. The standard InChI is InChI=1S/C19H22N4O2/c1-15(12-19(24)25-2)22(13-16-8-4-3-5-9-16)14-23-18-11-7-6-10-17(18)20-21-23/h3-11,15H,12-14H2,1-2H3/t15-/m0/s1. The van der Waals surface area contributed by atoms with Crippen molar-refractivity contribution in [3.05, 3.63) is 60.2 Å². The lowest BCUT2D eigenvalue weighted by Crippen LogP contribution is -2.36. The van der Waals surface area contributed by atoms with Crippen LogP contribution >= 0.6 is 0 Å². The van der Waals surface area contributed by atoms with Crippen molar-refractivity contribution in [2.24, 2.45) is 0 Å². The van der Waals surface area contributed by atoms with Crippen LogP contribution in [-0.4, -0.2) is 39.0 Å². The van der Waals surface area contributed by atoms with Gasteiger partial charge in [-0.25, -0.2) is 4.68 Å². The number of methoxy groups -OCH3 is 1. The highest BCUT2D eigenvalue weighted by Crippen LogP contribution is 2.16. The Morgan fingerprint density at radius 1 is 1.16 bits per heavy atom. The Morgan fingerprint density at radius 3 is 2.64 bits per heavy atom. The summed E-state index contributed by atoms with van der Waals surface area (Å²) in [6.45, 7) is 3.29. The fraction of sp³-hybridized carbons (Fsp3) is 0.316. The lowest BCUT2D eigenvalue weighted by Gasteiger charge is -2.28. The lowest BCUT2D eigenvalue weighted by molar-refractivity contribution is -0.142. The SMILES string of the molecule is COC(=O)C[C@H](C)N(Cc1ccccc1)Cn1nnc2ccccc21. The molecule has 2 aromatic carbocycles. The zero-order valence-corrected chi connectivity index (χ0v) is 14.5. The van der Waals surface area contributed by atoms with Crippen LogP contribution in [0.1, 0.15) is 18.9 Å². The van der Waals surface area contributed by atoms with Crippen LogP contribution in [0.3, 0.4) is 0 Å². The van der Waals surface area contributed by atoms with E-state index in [0.717, 1.165) is 11.0 Å². The fourth-order valence-electron chi connectivity index (χ4n) is 2.81. The summed E-state index contributed by atoms with van der Waals surface area (Å²) in [5, 5.41) is 8.48. The van der Waals surface area contributed by atoms with Crippen molar-refractivity contribution in [3.63, 3.8) is 0 Å². The molecule has 3 aromatic rings. The molecule has 0 spiro atoms. The molecule has 0 aliphatic rings. The second kappa shape index (κ2) is 7.90. The molecule has 0 N–H and O–H groups in total. The number of hydrogen-bond donors (Lipinski definition) is 0. The van der Waals surface area contributed by atoms with Gasteiger partial charge in [-0.2, -0.15) is 0 Å². The van der Waals surface area contributed by atoms with Gasteiger partial charge in [0.2, 0.25) is 0 Å². The van der Waals surface area contributed by atoms with Crippen LogP contribution in [0.15, 0.2) is 54.6 Å². The van der Waals surface area contributed by atoms with E-state index in [2.05, 4.69) is 27.3 Å². The molecule has 0 saturated carbocycles. The maximum atomic E-state index is 11.7. The third kappa shape index (κ3) is 4.22. The van der Waals surface area contributed by atoms with E-state index >= 15 is 0 Å². The molecule has 130 valence electrons. The van der Waals surface area contributed by atoms with Crippen molar-refractivity contribution >= 4 is 17.0 Å². The molecule has 0 fully saturated rings. The monoisotopic (exact) mass is 338 g/mol. The smallest absolute Gasteiger partial charge is 0.307 e. The van der Waals surface area contributed by atoms with Crippen LogP contribution < -0.4 is 0 Å². The second-order valence-electron chi connectivity index (χ2n) is 6.08. The number of para-hydroxylation sites is 1. The molecule has 0 aliphatic carbocycles. The molecular formula is C19H22N4O2. The van der Waals surface area contributed by atoms with E-state index in [9.17, 15) is 4.79 Å². The Labute approximate surface area is 147 Å². The summed E-state index contributed by atoms with van der Waals surface area (Å²) >= 11 is 0. The fourth-order valence-corrected chi connectivity index (χ4v) is 2.81. The number of nitrogens with zero attached hydrogens (tertiary/aromatic N) is 4. The maximum absolute atomic E-state index is 11.7. The van der Waals surface area contributed by atoms with E-state index in [0.29, 0.717) is 19.6 Å². The first-order valence-electron chi connectivity index (χ1n) is 8.30. The van der Waals surface area contributed by atoms with Crippen molar-refractivity contribution < 1.29 is 9.53 Å². The van der Waals surface area contributed by atoms with Gasteiger partial charge in [0.15, 0.2) is 0 Å². The normalized spacial score (nSPS) is 12.4. The Morgan fingerprint density at radius 2 is 1.88 bits per heavy atom. The molecule has 6 heteroatoms. The van der Waals surface area contributed by atoms with E-state index in [1.54, 1.807) is 0 Å². The van der Waals surface area contributed by atoms with E-state index in [4.69, 9.17) is 4.74 Å². The van der Waals surface area contributed by atoms with Gasteiger partial charge in [0.25, 0.3) is 0 Å². The highest BCUT2D eigenvalue weighted by molar-refractivity contribution is 5.73. The van der Waals surface area contributed by atoms with E-state index in [1.165, 1.54) is 12.7 Å². The van der Waals surface area contributed by atoms with Crippen LogP contribution in [0.2, 0.25) is 0 Å². The summed E-state index contributed by atoms with van der Waals surface area (Å²) in [6, 6.07) is 18.1. The first-order chi connectivity index (χ1) is 12.2. The van der Waals surface area contributed by atoms with Crippen LogP contribution in [0, 0.1) is 0 Å². The summed E-state index contributed by atoms with van der Waals surface area (Å²) in [4.78, 5) is 13.9. The molecule has 3 rings (SSSR count). The van der Waals surface area contributed by atoms with Gasteiger partial charge in [0, 0.05) is 12.6 Å². The average molecular weight is 338 g/mol. The number of ether oxygens (including phenoxy) is 1. The first-order valence-corrected chi connectivity index (χ1v) is 8.30. The van der Waals surface area contributed by atoms with Gasteiger partial charge in [-0.3, -0.25) is 9.69 Å². The van der Waals surface area contributed by atoms with Gasteiger partial charge in [-0.05, 0) is 24.6 Å². The molecule has 0 saturated heterocycles. The number of fused-ring (bicyclic) bond motifs is 1. The number of carbonyl (C=O) groups is 1. The lowest BCUT2D eigenvalue weighted by atomic mass is 10.1. The molecule has 1 atom stereocenters. The van der Waals surface area contributed by atoms with Crippen LogP contribution in [-0.2, 0) is 22.7 Å². The van der Waals surface area contributed by atoms with Crippen molar-refractivity contribution in [2.75, 3.05) is 7.11 Å². The highest BCUT2D eigenvalue weighted by atomic mass is 16.5. The third-order valence-electron chi connectivity index (χ3n) is 4.28. The maximum Gasteiger partial charge on any atom is 0.307 e. The highest BCUT2D eigenvalue weighted by Gasteiger charge is 2.19. The van der Waals surface area contributed by atoms with Crippen LogP contribution in [0.4, 0.5) is 0 Å². The summed E-state index contributed by atoms with van der Waals surface area (Å²) in [6.07, 6.45) is 0.329. The Kier molecular flexibility index (Phi) is 5.40. The Hall–Kier alpha value is -2.73. The predicted molar refractivity (Wildman–Crippen MR) is 95.6 cm³/mol. The summed E-state index contributed by atoms with van der Waals surface area (Å²) in [7, 11) is 1.42. The van der Waals surface area contributed by atoms with Crippen molar-refractivity contribution in [1.82, 2.24) is 19.9 Å². The van der Waals surface area contributed by atoms with Gasteiger partial charge in [-0.1, -0.05) is 47.7 Å². The minimum atomic E-state index is -0.214. The number of hydrogen-bond acceptors (Lipinski definition) is 5. The molecule has 0 bridgehead atoms. The number of aromatic nitrogens is 3. The summed E-state index contributed by atoms with van der Waals surface area (Å²) in [5.74, 6) is -0.214. The van der Waals surface area contributed by atoms with Crippen molar-refractivity contribution in [1.29, 1.82) is 0 Å². The van der Waals surface area contributed by atoms with Gasteiger partial charge >= 0.3 is 5.97 Å². The average Bonchev–Trinajstić information content (AvgIpc) is 3.05. The van der Waals surface area contributed by atoms with Gasteiger partial charge in [0.1, 0.15) is 5.52 Å². The molecule has 6 nitrogen and oxygen atoms in total. The van der Waals surface area contributed by atoms with Crippen LogP contribution in [0.5, 0.6) is 0 Å². The third-order valence-corrected chi connectivity index (χ3v) is 4.28. The predicted octanol–water partition coefficient (Wildman–Crippen LogP) is 2.84. The van der Waals surface area contributed by atoms with Crippen molar-refractivity contribution in [2.45, 2.75) is 32.6 Å². The molecule has 25 heavy (non-hydrogen) atoms. The minimum Gasteiger partial charge on any atom is -0.469 e. The van der Waals surface area contributed by atoms with Crippen molar-refractivity contribution in [3.8, 4) is 0 Å². The Bertz CT molecular complexity index is 832. The zero-order valence-electron chi connectivity index (χ0n) is 14.5. The topological polar surface area (TPSA) is 60.2 Å². The summed E-state index contributed by atoms with van der Waals surface area (Å²) < 4.78 is 6.69. The second-order valence-corrected chi connectivity index (χ2v) is 6.08. The first kappa shape index (κ1) is 17.1. The van der Waals surface area contributed by atoms with Gasteiger partial charge < -0.3 is 4.74 Å². The number of benzene rings is 2. The van der Waals surface area contributed by atoms with Gasteiger partial charge in [0.05, 0.1) is 25.7 Å². The molecular weight excluding hydrogens is 316 g/mol. The molecule has 0 radical (unpaired) electrons. The molecule has 1 heterocycles. The molecule has 0 unspecified atom stereocenters. The molecule has 0 amide bonds. The molecule has 1 aromatic heterocycles. The van der Waals surface area contributed by atoms with Gasteiger partial charge in [-0.15, -0.1) is 5.10 Å². The zero-order chi connectivity index (χ0) is 17.6. The number of carbonyl (C=O) groups excluding carboxylic acids is 1.